The minimum atomic E-state index is -1.84. The summed E-state index contributed by atoms with van der Waals surface area (Å²) in [6.07, 6.45) is 2.90. The Balaban J connectivity index is 1.99. The van der Waals surface area contributed by atoms with Crippen LogP contribution in [0.25, 0.3) is 0 Å². The van der Waals surface area contributed by atoms with Gasteiger partial charge in [-0.05, 0) is 44.3 Å². The Bertz CT molecular complexity index is 532. The summed E-state index contributed by atoms with van der Waals surface area (Å²) in [5, 5.41) is 0. The predicted octanol–water partition coefficient (Wildman–Crippen LogP) is 4.04. The van der Waals surface area contributed by atoms with Crippen molar-refractivity contribution in [3.8, 4) is 0 Å². The van der Waals surface area contributed by atoms with Crippen molar-refractivity contribution in [3.63, 3.8) is 0 Å². The molecular formula is C18H28O3Si. The summed E-state index contributed by atoms with van der Waals surface area (Å²) in [5.41, 5.74) is 1.72. The minimum absolute atomic E-state index is 0.0442. The third-order valence-electron chi connectivity index (χ3n) is 6.63. The number of hydrogen-bond acceptors (Lipinski definition) is 3. The highest BCUT2D eigenvalue weighted by Gasteiger charge is 2.61. The number of carbonyl (C=O) groups excluding carboxylic acids is 2. The van der Waals surface area contributed by atoms with Crippen LogP contribution >= 0.6 is 0 Å². The third kappa shape index (κ3) is 2.10. The lowest BCUT2D eigenvalue weighted by Crippen LogP contribution is -2.50. The number of allylic oxidation sites excluding steroid dienone is 1. The fourth-order valence-corrected chi connectivity index (χ4v) is 7.42. The molecule has 0 radical (unpaired) electrons. The molecule has 0 heterocycles. The van der Waals surface area contributed by atoms with Gasteiger partial charge in [-0.15, -0.1) is 0 Å². The maximum Gasteiger partial charge on any atom is 0.193 e. The molecule has 0 amide bonds. The highest BCUT2D eigenvalue weighted by Crippen LogP contribution is 2.60. The summed E-state index contributed by atoms with van der Waals surface area (Å²) in [7, 11) is -1.84. The van der Waals surface area contributed by atoms with Crippen LogP contribution in [0.5, 0.6) is 0 Å². The SMILES string of the molecule is CC[Si](CC)(CC)O[C@H]1C(=O)C2(CC2)C(C)=C2C(=O)CC[C@H]21. The number of fused-ring (bicyclic) bond motifs is 1. The summed E-state index contributed by atoms with van der Waals surface area (Å²) in [6, 6.07) is 3.15. The van der Waals surface area contributed by atoms with E-state index < -0.39 is 8.32 Å². The van der Waals surface area contributed by atoms with Crippen LogP contribution in [0.2, 0.25) is 18.1 Å². The van der Waals surface area contributed by atoms with Crippen LogP contribution in [-0.4, -0.2) is 26.0 Å². The molecule has 0 N–H and O–H groups in total. The summed E-state index contributed by atoms with van der Waals surface area (Å²) in [5.74, 6) is 0.607. The number of hydrogen-bond donors (Lipinski definition) is 0. The monoisotopic (exact) mass is 320 g/mol. The van der Waals surface area contributed by atoms with Crippen LogP contribution in [-0.2, 0) is 14.0 Å². The van der Waals surface area contributed by atoms with Gasteiger partial charge in [-0.1, -0.05) is 26.3 Å². The Morgan fingerprint density at radius 1 is 1.14 bits per heavy atom. The van der Waals surface area contributed by atoms with Crippen molar-refractivity contribution in [3.05, 3.63) is 11.1 Å². The van der Waals surface area contributed by atoms with E-state index in [9.17, 15) is 9.59 Å². The van der Waals surface area contributed by atoms with Crippen LogP contribution in [0, 0.1) is 11.3 Å². The molecule has 2 saturated carbocycles. The smallest absolute Gasteiger partial charge is 0.193 e. The van der Waals surface area contributed by atoms with E-state index in [-0.39, 0.29) is 23.2 Å². The van der Waals surface area contributed by atoms with Crippen LogP contribution in [0.1, 0.15) is 53.4 Å². The quantitative estimate of drug-likeness (QED) is 0.718. The number of Topliss-reactive ketones (excluding diaryl/α,β-unsaturated/α-hetero) is 2. The Labute approximate surface area is 134 Å². The van der Waals surface area contributed by atoms with Gasteiger partial charge in [0.25, 0.3) is 0 Å². The molecule has 22 heavy (non-hydrogen) atoms. The van der Waals surface area contributed by atoms with Crippen LogP contribution < -0.4 is 0 Å². The van der Waals surface area contributed by atoms with Gasteiger partial charge in [-0.2, -0.15) is 0 Å². The lowest BCUT2D eigenvalue weighted by Gasteiger charge is -2.40. The van der Waals surface area contributed by atoms with Gasteiger partial charge in [0.05, 0.1) is 5.41 Å². The van der Waals surface area contributed by atoms with E-state index in [1.54, 1.807) is 0 Å². The molecule has 0 unspecified atom stereocenters. The van der Waals surface area contributed by atoms with Crippen LogP contribution in [0.3, 0.4) is 0 Å². The summed E-state index contributed by atoms with van der Waals surface area (Å²) >= 11 is 0. The maximum absolute atomic E-state index is 13.1. The fraction of sp³-hybridized carbons (Fsp3) is 0.778. The third-order valence-corrected chi connectivity index (χ3v) is 11.3. The Morgan fingerprint density at radius 2 is 1.73 bits per heavy atom. The lowest BCUT2D eigenvalue weighted by molar-refractivity contribution is -0.133. The highest BCUT2D eigenvalue weighted by atomic mass is 28.4. The first kappa shape index (κ1) is 16.1. The summed E-state index contributed by atoms with van der Waals surface area (Å²) in [6.45, 7) is 8.61. The number of ketones is 2. The van der Waals surface area contributed by atoms with E-state index in [4.69, 9.17) is 4.43 Å². The zero-order valence-corrected chi connectivity index (χ0v) is 15.3. The van der Waals surface area contributed by atoms with Crippen molar-refractivity contribution in [2.45, 2.75) is 77.6 Å². The van der Waals surface area contributed by atoms with E-state index >= 15 is 0 Å². The standard InChI is InChI=1S/C18H28O3Si/c1-5-22(6-2,7-3)21-16-13-8-9-14(19)15(13)12(4)18(10-11-18)17(16)20/h13,16H,5-11H2,1-4H3/t13-,16-/m1/s1. The molecule has 0 aromatic rings. The second kappa shape index (κ2) is 5.41. The zero-order valence-electron chi connectivity index (χ0n) is 14.3. The fourth-order valence-electron chi connectivity index (χ4n) is 4.61. The van der Waals surface area contributed by atoms with Crippen molar-refractivity contribution >= 4 is 19.9 Å². The maximum atomic E-state index is 13.1. The lowest BCUT2D eigenvalue weighted by atomic mass is 9.73. The number of rotatable bonds is 5. The first-order chi connectivity index (χ1) is 10.4. The first-order valence-corrected chi connectivity index (χ1v) is 11.4. The Hall–Kier alpha value is -0.743. The van der Waals surface area contributed by atoms with Gasteiger partial charge in [0, 0.05) is 17.9 Å². The van der Waals surface area contributed by atoms with Gasteiger partial charge >= 0.3 is 0 Å². The largest absolute Gasteiger partial charge is 0.406 e. The average Bonchev–Trinajstić information content (AvgIpc) is 3.25. The molecule has 4 heteroatoms. The summed E-state index contributed by atoms with van der Waals surface area (Å²) < 4.78 is 6.63. The van der Waals surface area contributed by atoms with E-state index in [1.165, 1.54) is 0 Å². The number of carbonyl (C=O) groups is 2. The van der Waals surface area contributed by atoms with Gasteiger partial charge in [0.2, 0.25) is 0 Å². The van der Waals surface area contributed by atoms with Gasteiger partial charge in [0.1, 0.15) is 6.10 Å². The molecule has 3 rings (SSSR count). The second-order valence-corrected chi connectivity index (χ2v) is 12.1. The molecule has 1 spiro atoms. The Kier molecular flexibility index (Phi) is 3.97. The highest BCUT2D eigenvalue weighted by molar-refractivity contribution is 6.73. The van der Waals surface area contributed by atoms with Crippen LogP contribution in [0.15, 0.2) is 11.1 Å². The molecule has 3 aliphatic carbocycles. The molecule has 2 fully saturated rings. The minimum Gasteiger partial charge on any atom is -0.406 e. The molecule has 0 aliphatic heterocycles. The molecule has 122 valence electrons. The molecule has 0 bridgehead atoms. The zero-order chi connectivity index (χ0) is 16.1. The van der Waals surface area contributed by atoms with E-state index in [2.05, 4.69) is 20.8 Å². The molecule has 0 aromatic carbocycles. The van der Waals surface area contributed by atoms with Crippen molar-refractivity contribution < 1.29 is 14.0 Å². The Morgan fingerprint density at radius 3 is 2.23 bits per heavy atom. The van der Waals surface area contributed by atoms with Gasteiger partial charge < -0.3 is 4.43 Å². The van der Waals surface area contributed by atoms with Gasteiger partial charge in [-0.25, -0.2) is 0 Å². The molecule has 0 aromatic heterocycles. The molecule has 3 nitrogen and oxygen atoms in total. The van der Waals surface area contributed by atoms with E-state index in [0.717, 1.165) is 48.5 Å². The van der Waals surface area contributed by atoms with E-state index in [0.29, 0.717) is 12.2 Å². The average molecular weight is 321 g/mol. The first-order valence-electron chi connectivity index (χ1n) is 8.91. The topological polar surface area (TPSA) is 43.4 Å². The van der Waals surface area contributed by atoms with Crippen molar-refractivity contribution in [2.75, 3.05) is 0 Å². The predicted molar refractivity (Wildman–Crippen MR) is 89.2 cm³/mol. The van der Waals surface area contributed by atoms with Crippen molar-refractivity contribution in [2.24, 2.45) is 11.3 Å². The van der Waals surface area contributed by atoms with E-state index in [1.807, 2.05) is 6.92 Å². The molecule has 0 saturated heterocycles. The van der Waals surface area contributed by atoms with Crippen molar-refractivity contribution in [1.82, 2.24) is 0 Å². The van der Waals surface area contributed by atoms with Gasteiger partial charge in [-0.3, -0.25) is 9.59 Å². The summed E-state index contributed by atoms with van der Waals surface area (Å²) in [4.78, 5) is 25.5. The second-order valence-electron chi connectivity index (χ2n) is 7.34. The van der Waals surface area contributed by atoms with Crippen LogP contribution in [0.4, 0.5) is 0 Å². The normalized spacial score (nSPS) is 30.2. The van der Waals surface area contributed by atoms with Gasteiger partial charge in [0.15, 0.2) is 19.9 Å². The molecular weight excluding hydrogens is 292 g/mol. The molecule has 3 aliphatic rings. The van der Waals surface area contributed by atoms with Crippen molar-refractivity contribution in [1.29, 1.82) is 0 Å². The molecule has 2 atom stereocenters.